The topological polar surface area (TPSA) is 102 Å². The second-order valence-electron chi connectivity index (χ2n) is 10.2. The van der Waals surface area contributed by atoms with Gasteiger partial charge in [0.25, 0.3) is 5.91 Å². The third kappa shape index (κ3) is 9.62. The fraction of sp³-hybridized carbons (Fsp3) is 0.567. The summed E-state index contributed by atoms with van der Waals surface area (Å²) in [5.74, 6) is 3.96. The van der Waals surface area contributed by atoms with Gasteiger partial charge in [0.2, 0.25) is 5.95 Å². The Balaban J connectivity index is 1.66. The van der Waals surface area contributed by atoms with Gasteiger partial charge in [-0.1, -0.05) is 32.4 Å². The molecular formula is C30H44N6O2. The maximum Gasteiger partial charge on any atom is 0.260 e. The summed E-state index contributed by atoms with van der Waals surface area (Å²) >= 11 is 0. The summed E-state index contributed by atoms with van der Waals surface area (Å²) < 4.78 is 0. The SMILES string of the molecule is C#CCCN(CCC)Cc1ccc(NC(=O)c2cnc(NCCCC)nc2NCC2CCC(O)CC2)cc1. The van der Waals surface area contributed by atoms with Crippen LogP contribution < -0.4 is 16.0 Å². The molecule has 1 aromatic carbocycles. The van der Waals surface area contributed by atoms with E-state index in [4.69, 9.17) is 6.42 Å². The van der Waals surface area contributed by atoms with Gasteiger partial charge in [0.05, 0.1) is 6.10 Å². The molecule has 206 valence electrons. The molecular weight excluding hydrogens is 476 g/mol. The number of nitrogens with one attached hydrogen (secondary N) is 3. The number of hydrogen-bond donors (Lipinski definition) is 4. The molecule has 0 unspecified atom stereocenters. The number of anilines is 3. The lowest BCUT2D eigenvalue weighted by atomic mass is 9.87. The van der Waals surface area contributed by atoms with E-state index in [-0.39, 0.29) is 12.0 Å². The first-order valence-electron chi connectivity index (χ1n) is 14.1. The average Bonchev–Trinajstić information content (AvgIpc) is 2.93. The van der Waals surface area contributed by atoms with E-state index >= 15 is 0 Å². The highest BCUT2D eigenvalue weighted by Gasteiger charge is 2.21. The highest BCUT2D eigenvalue weighted by molar-refractivity contribution is 6.07. The molecule has 1 aliphatic rings. The van der Waals surface area contributed by atoms with Crippen LogP contribution in [-0.2, 0) is 6.54 Å². The lowest BCUT2D eigenvalue weighted by Crippen LogP contribution is -2.25. The first-order chi connectivity index (χ1) is 18.5. The number of rotatable bonds is 15. The highest BCUT2D eigenvalue weighted by Crippen LogP contribution is 2.25. The lowest BCUT2D eigenvalue weighted by Gasteiger charge is -2.26. The fourth-order valence-corrected chi connectivity index (χ4v) is 4.69. The van der Waals surface area contributed by atoms with E-state index in [2.05, 4.69) is 50.6 Å². The molecule has 8 heteroatoms. The van der Waals surface area contributed by atoms with E-state index in [0.29, 0.717) is 29.8 Å². The van der Waals surface area contributed by atoms with E-state index in [1.165, 1.54) is 5.56 Å². The second-order valence-corrected chi connectivity index (χ2v) is 10.2. The summed E-state index contributed by atoms with van der Waals surface area (Å²) in [4.78, 5) is 24.6. The van der Waals surface area contributed by atoms with Crippen LogP contribution in [0.2, 0.25) is 0 Å². The Labute approximate surface area is 228 Å². The predicted octanol–water partition coefficient (Wildman–Crippen LogP) is 5.14. The van der Waals surface area contributed by atoms with Gasteiger partial charge < -0.3 is 21.1 Å². The number of hydrogen-bond acceptors (Lipinski definition) is 7. The zero-order valence-electron chi connectivity index (χ0n) is 23.0. The van der Waals surface area contributed by atoms with Crippen molar-refractivity contribution in [2.24, 2.45) is 5.92 Å². The molecule has 1 saturated carbocycles. The van der Waals surface area contributed by atoms with Crippen molar-refractivity contribution in [3.8, 4) is 12.3 Å². The summed E-state index contributed by atoms with van der Waals surface area (Å²) in [6, 6.07) is 7.95. The molecule has 3 rings (SSSR count). The van der Waals surface area contributed by atoms with Gasteiger partial charge in [0, 0.05) is 44.5 Å². The lowest BCUT2D eigenvalue weighted by molar-refractivity contribution is 0.102. The van der Waals surface area contributed by atoms with Crippen molar-refractivity contribution < 1.29 is 9.90 Å². The van der Waals surface area contributed by atoms with E-state index in [1.54, 1.807) is 6.20 Å². The van der Waals surface area contributed by atoms with Gasteiger partial charge >= 0.3 is 0 Å². The largest absolute Gasteiger partial charge is 0.393 e. The number of aliphatic hydroxyl groups excluding tert-OH is 1. The summed E-state index contributed by atoms with van der Waals surface area (Å²) in [5, 5.41) is 19.5. The minimum absolute atomic E-state index is 0.190. The maximum atomic E-state index is 13.3. The van der Waals surface area contributed by atoms with Crippen LogP contribution in [0.15, 0.2) is 30.5 Å². The predicted molar refractivity (Wildman–Crippen MR) is 155 cm³/mol. The summed E-state index contributed by atoms with van der Waals surface area (Å²) in [7, 11) is 0. The molecule has 4 N–H and O–H groups in total. The summed E-state index contributed by atoms with van der Waals surface area (Å²) in [5.41, 5.74) is 2.32. The number of benzene rings is 1. The van der Waals surface area contributed by atoms with Gasteiger partial charge in [0.1, 0.15) is 11.4 Å². The van der Waals surface area contributed by atoms with Crippen LogP contribution in [-0.4, -0.2) is 58.2 Å². The molecule has 2 aromatic rings. The smallest absolute Gasteiger partial charge is 0.260 e. The van der Waals surface area contributed by atoms with Crippen LogP contribution in [0.3, 0.4) is 0 Å². The number of amides is 1. The molecule has 0 saturated heterocycles. The molecule has 1 aliphatic carbocycles. The van der Waals surface area contributed by atoms with Crippen LogP contribution in [0.25, 0.3) is 0 Å². The minimum Gasteiger partial charge on any atom is -0.393 e. The van der Waals surface area contributed by atoms with Crippen LogP contribution >= 0.6 is 0 Å². The molecule has 38 heavy (non-hydrogen) atoms. The molecule has 0 spiro atoms. The minimum atomic E-state index is -0.249. The van der Waals surface area contributed by atoms with E-state index in [1.807, 2.05) is 24.3 Å². The van der Waals surface area contributed by atoms with Gasteiger partial charge in [-0.2, -0.15) is 4.98 Å². The molecule has 0 radical (unpaired) electrons. The molecule has 0 bridgehead atoms. The van der Waals surface area contributed by atoms with Gasteiger partial charge in [-0.05, 0) is 68.7 Å². The number of aromatic nitrogens is 2. The van der Waals surface area contributed by atoms with Crippen molar-refractivity contribution in [2.75, 3.05) is 42.1 Å². The molecule has 8 nitrogen and oxygen atoms in total. The quantitative estimate of drug-likeness (QED) is 0.190. The van der Waals surface area contributed by atoms with Crippen molar-refractivity contribution in [3.63, 3.8) is 0 Å². The number of nitrogens with zero attached hydrogens (tertiary/aromatic N) is 3. The zero-order chi connectivity index (χ0) is 27.2. The van der Waals surface area contributed by atoms with E-state index in [0.717, 1.165) is 83.2 Å². The first kappa shape index (κ1) is 29.4. The van der Waals surface area contributed by atoms with Crippen LogP contribution in [0.4, 0.5) is 17.5 Å². The number of terminal acetylenes is 1. The fourth-order valence-electron chi connectivity index (χ4n) is 4.69. The van der Waals surface area contributed by atoms with Gasteiger partial charge in [-0.25, -0.2) is 4.98 Å². The Kier molecular flexibility index (Phi) is 12.3. The average molecular weight is 521 g/mol. The van der Waals surface area contributed by atoms with Crippen molar-refractivity contribution in [3.05, 3.63) is 41.6 Å². The summed E-state index contributed by atoms with van der Waals surface area (Å²) in [6.45, 7) is 8.51. The zero-order valence-corrected chi connectivity index (χ0v) is 23.0. The number of unbranched alkanes of at least 4 members (excludes halogenated alkanes) is 1. The van der Waals surface area contributed by atoms with Crippen molar-refractivity contribution in [2.45, 2.75) is 77.9 Å². The van der Waals surface area contributed by atoms with Gasteiger partial charge in [-0.3, -0.25) is 9.69 Å². The Morgan fingerprint density at radius 2 is 1.87 bits per heavy atom. The maximum absolute atomic E-state index is 13.3. The highest BCUT2D eigenvalue weighted by atomic mass is 16.3. The van der Waals surface area contributed by atoms with Gasteiger partial charge in [0.15, 0.2) is 0 Å². The molecule has 1 aromatic heterocycles. The number of aliphatic hydroxyl groups is 1. The third-order valence-electron chi connectivity index (χ3n) is 6.95. The van der Waals surface area contributed by atoms with E-state index < -0.39 is 0 Å². The van der Waals surface area contributed by atoms with E-state index in [9.17, 15) is 9.90 Å². The third-order valence-corrected chi connectivity index (χ3v) is 6.95. The Morgan fingerprint density at radius 1 is 1.11 bits per heavy atom. The van der Waals surface area contributed by atoms with Crippen LogP contribution in [0, 0.1) is 18.3 Å². The molecule has 1 heterocycles. The number of carbonyl (C=O) groups is 1. The van der Waals surface area contributed by atoms with Crippen LogP contribution in [0.1, 0.15) is 81.1 Å². The standard InChI is InChI=1S/C30H44N6O2/c1-4-7-17-31-30-33-21-27(28(35-30)32-20-23-11-15-26(37)16-12-23)29(38)34-25-13-9-24(10-14-25)22-36(18-6-3)19-8-5-2/h2,9-10,13-14,21,23,26,37H,4,6-8,11-12,15-20,22H2,1,3H3,(H,34,38)(H2,31,32,33,35). The van der Waals surface area contributed by atoms with Crippen molar-refractivity contribution in [1.29, 1.82) is 0 Å². The monoisotopic (exact) mass is 520 g/mol. The van der Waals surface area contributed by atoms with Crippen LogP contribution in [0.5, 0.6) is 0 Å². The number of carbonyl (C=O) groups excluding carboxylic acids is 1. The second kappa shape index (κ2) is 16.0. The normalized spacial score (nSPS) is 17.1. The summed E-state index contributed by atoms with van der Waals surface area (Å²) in [6.07, 6.45) is 14.3. The Bertz CT molecular complexity index is 1030. The van der Waals surface area contributed by atoms with Crippen molar-refractivity contribution >= 4 is 23.4 Å². The molecule has 1 fully saturated rings. The Morgan fingerprint density at radius 3 is 2.55 bits per heavy atom. The van der Waals surface area contributed by atoms with Crippen molar-refractivity contribution in [1.82, 2.24) is 14.9 Å². The molecule has 0 atom stereocenters. The first-order valence-corrected chi connectivity index (χ1v) is 14.1. The Hall–Kier alpha value is -3.15. The molecule has 0 aliphatic heterocycles. The van der Waals surface area contributed by atoms with Gasteiger partial charge in [-0.15, -0.1) is 12.3 Å². The molecule has 1 amide bonds.